The molecule has 2 aromatic carbocycles. The van der Waals surface area contributed by atoms with E-state index in [1.165, 1.54) is 6.92 Å². The molecule has 0 bridgehead atoms. The Kier molecular flexibility index (Phi) is 15.7. The third-order valence-electron chi connectivity index (χ3n) is 2.33. The molecule has 1 radical (unpaired) electrons. The summed E-state index contributed by atoms with van der Waals surface area (Å²) < 4.78 is 3.61. The van der Waals surface area contributed by atoms with Crippen molar-refractivity contribution in [2.75, 3.05) is 0 Å². The summed E-state index contributed by atoms with van der Waals surface area (Å²) >= 11 is 17.6. The van der Waals surface area contributed by atoms with Crippen molar-refractivity contribution in [3.63, 3.8) is 0 Å². The topological polar surface area (TPSA) is 76.6 Å². The second-order valence-corrected chi connectivity index (χ2v) is 6.25. The minimum absolute atomic E-state index is 0.127. The number of hydrogen-bond acceptors (Lipinski definition) is 5. The number of nitrogens with zero attached hydrogens (tertiary/aromatic N) is 2. The Morgan fingerprint density at radius 1 is 1.12 bits per heavy atom. The van der Waals surface area contributed by atoms with E-state index in [1.54, 1.807) is 30.3 Å². The van der Waals surface area contributed by atoms with Gasteiger partial charge in [0.25, 0.3) is 0 Å². The van der Waals surface area contributed by atoms with Crippen LogP contribution in [0.2, 0.25) is 10.0 Å². The summed E-state index contributed by atoms with van der Waals surface area (Å²) in [4.78, 5) is 0. The second kappa shape index (κ2) is 15.1. The van der Waals surface area contributed by atoms with Gasteiger partial charge in [-0.3, -0.25) is 0 Å². The van der Waals surface area contributed by atoms with Crippen LogP contribution >= 0.6 is 51.9 Å². The fraction of sp³-hybridized carbons (Fsp3) is 0.188. The van der Waals surface area contributed by atoms with E-state index in [9.17, 15) is 0 Å². The van der Waals surface area contributed by atoms with Crippen molar-refractivity contribution in [2.45, 2.75) is 20.8 Å². The van der Waals surface area contributed by atoms with Crippen molar-refractivity contribution in [3.05, 3.63) is 56.0 Å². The van der Waals surface area contributed by atoms with Gasteiger partial charge in [0.15, 0.2) is 0 Å². The number of benzene rings is 2. The molecular weight excluding hydrogens is 446 g/mol. The molecule has 0 saturated heterocycles. The number of hydrogen-bond donors (Lipinski definition) is 3. The molecule has 0 spiro atoms. The second-order valence-electron chi connectivity index (χ2n) is 4.35. The Hall–Kier alpha value is -1.20. The first-order valence-corrected chi connectivity index (χ1v) is 8.54. The van der Waals surface area contributed by atoms with E-state index in [2.05, 4.69) is 40.7 Å². The van der Waals surface area contributed by atoms with Crippen LogP contribution in [0.15, 0.2) is 39.1 Å². The van der Waals surface area contributed by atoms with E-state index in [1.807, 2.05) is 19.9 Å². The molecule has 0 aromatic heterocycles. The summed E-state index contributed by atoms with van der Waals surface area (Å²) in [7, 11) is 4.34. The predicted molar refractivity (Wildman–Crippen MR) is 112 cm³/mol. The van der Waals surface area contributed by atoms with Crippen LogP contribution in [0, 0.1) is 25.2 Å². The summed E-state index contributed by atoms with van der Waals surface area (Å²) in [6, 6.07) is 10.2. The Bertz CT molecular complexity index is 678. The molecule has 9 heteroatoms. The van der Waals surface area contributed by atoms with Crippen molar-refractivity contribution in [3.8, 4) is 17.6 Å². The Balaban J connectivity index is 0. The fourth-order valence-electron chi connectivity index (χ4n) is 1.26. The zero-order valence-corrected chi connectivity index (χ0v) is 17.8. The van der Waals surface area contributed by atoms with Crippen molar-refractivity contribution in [1.29, 1.82) is 5.26 Å². The van der Waals surface area contributed by atoms with Crippen LogP contribution < -0.4 is 0 Å². The summed E-state index contributed by atoms with van der Waals surface area (Å²) in [6.45, 7) is 5.22. The first-order chi connectivity index (χ1) is 11.6. The van der Waals surface area contributed by atoms with Gasteiger partial charge in [0.05, 0.1) is 16.1 Å². The number of phenols is 2. The zero-order valence-electron chi connectivity index (χ0n) is 13.8. The molecule has 2 rings (SSSR count). The van der Waals surface area contributed by atoms with E-state index < -0.39 is 0 Å². The molecule has 2 aromatic rings. The maximum absolute atomic E-state index is 9.07. The molecule has 0 aliphatic heterocycles. The minimum atomic E-state index is 0.127. The number of nitriles is 1. The molecule has 2 N–H and O–H groups in total. The molecule has 0 saturated carbocycles. The summed E-state index contributed by atoms with van der Waals surface area (Å²) in [6.07, 6.45) is 0. The van der Waals surface area contributed by atoms with Crippen LogP contribution in [0.1, 0.15) is 18.1 Å². The zero-order chi connectivity index (χ0) is 20.0. The van der Waals surface area contributed by atoms with Gasteiger partial charge in [0.2, 0.25) is 0 Å². The number of rotatable bonds is 0. The van der Waals surface area contributed by atoms with E-state index in [0.29, 0.717) is 10.0 Å². The maximum atomic E-state index is 9.07. The van der Waals surface area contributed by atoms with E-state index >= 15 is 0 Å². The number of phenolic OH excluding ortho intramolecular Hbond substituents is 2. The molecule has 0 heterocycles. The van der Waals surface area contributed by atoms with E-state index in [0.717, 1.165) is 15.6 Å². The van der Waals surface area contributed by atoms with Crippen LogP contribution in [-0.4, -0.2) is 17.9 Å². The first kappa shape index (κ1) is 26.0. The average molecular weight is 463 g/mol. The molecule has 133 valence electrons. The van der Waals surface area contributed by atoms with E-state index in [4.69, 9.17) is 38.7 Å². The molecule has 0 aliphatic rings. The third-order valence-corrected chi connectivity index (χ3v) is 3.81. The molecule has 4 nitrogen and oxygen atoms in total. The van der Waals surface area contributed by atoms with Gasteiger partial charge in [-0.05, 0) is 49.2 Å². The molecule has 25 heavy (non-hydrogen) atoms. The van der Waals surface area contributed by atoms with Crippen molar-refractivity contribution in [2.24, 2.45) is 4.30 Å². The number of thiol groups is 1. The van der Waals surface area contributed by atoms with Gasteiger partial charge in [-0.1, -0.05) is 45.2 Å². The van der Waals surface area contributed by atoms with Gasteiger partial charge in [0.1, 0.15) is 11.5 Å². The van der Waals surface area contributed by atoms with Crippen molar-refractivity contribution < 1.29 is 10.2 Å². The Morgan fingerprint density at radius 2 is 1.56 bits per heavy atom. The van der Waals surface area contributed by atoms with Crippen LogP contribution in [-0.2, 0) is 0 Å². The molecule has 0 fully saturated rings. The number of aromatic hydroxyl groups is 2. The molecule has 0 unspecified atom stereocenters. The summed E-state index contributed by atoms with van der Waals surface area (Å²) in [5.41, 5.74) is 1.99. The van der Waals surface area contributed by atoms with Gasteiger partial charge in [-0.15, -0.1) is 0 Å². The monoisotopic (exact) mass is 461 g/mol. The summed E-state index contributed by atoms with van der Waals surface area (Å²) in [5, 5.41) is 26.1. The van der Waals surface area contributed by atoms with Crippen LogP contribution in [0.25, 0.3) is 0 Å². The third kappa shape index (κ3) is 12.8. The van der Waals surface area contributed by atoms with E-state index in [-0.39, 0.29) is 11.5 Å². The average Bonchev–Trinajstić information content (AvgIpc) is 2.52. The standard InChI is InChI=1S/C7H6BrClO.C7H7ClO.C2H3N.BHNS/c1-4-2-7(10)6(9)3-5(4)8;1-5-2-3-6(8)7(9)4-5;2*1-2-3/h2-3,10H,1H3;2-4,9H,1H3;1H3;3H. The number of halogens is 3. The van der Waals surface area contributed by atoms with Gasteiger partial charge in [-0.25, -0.2) is 0 Å². The Morgan fingerprint density at radius 3 is 1.92 bits per heavy atom. The van der Waals surface area contributed by atoms with Gasteiger partial charge >= 0.3 is 24.8 Å². The molecule has 0 atom stereocenters. The van der Waals surface area contributed by atoms with Crippen molar-refractivity contribution >= 4 is 59.6 Å². The molecular formula is C16H17BBrCl2N2O2S. The quantitative estimate of drug-likeness (QED) is 0.323. The van der Waals surface area contributed by atoms with Crippen LogP contribution in [0.4, 0.5) is 0 Å². The number of aryl methyl sites for hydroxylation is 2. The van der Waals surface area contributed by atoms with Crippen molar-refractivity contribution in [1.82, 2.24) is 0 Å². The predicted octanol–water partition coefficient (Wildman–Crippen LogP) is 6.18. The van der Waals surface area contributed by atoms with Gasteiger partial charge in [-0.2, -0.15) is 5.26 Å². The van der Waals surface area contributed by atoms with Crippen LogP contribution in [0.5, 0.6) is 11.5 Å². The normalized spacial score (nSPS) is 8.20. The fourth-order valence-corrected chi connectivity index (χ4v) is 2.02. The molecule has 0 aliphatic carbocycles. The Labute approximate surface area is 173 Å². The van der Waals surface area contributed by atoms with Crippen LogP contribution in [0.3, 0.4) is 0 Å². The molecule has 0 amide bonds. The van der Waals surface area contributed by atoms with Gasteiger partial charge < -0.3 is 10.2 Å². The summed E-state index contributed by atoms with van der Waals surface area (Å²) in [5.74, 6) is 0.277. The first-order valence-electron chi connectivity index (χ1n) is 6.59. The SMILES string of the molecule is CC#N.Cc1cc(O)c(Cl)cc1Br.Cc1ccc(Cl)c(O)c1.[B]=NS. The van der Waals surface area contributed by atoms with Gasteiger partial charge in [0, 0.05) is 11.4 Å².